The van der Waals surface area contributed by atoms with E-state index in [9.17, 15) is 4.39 Å². The third kappa shape index (κ3) is 3.08. The lowest BCUT2D eigenvalue weighted by Crippen LogP contribution is -2.24. The lowest BCUT2D eigenvalue weighted by molar-refractivity contribution is 0.382. The number of nitrogens with one attached hydrogen (secondary N) is 1. The second kappa shape index (κ2) is 6.26. The smallest absolute Gasteiger partial charge is 0.138 e. The minimum absolute atomic E-state index is 0.00411. The van der Waals surface area contributed by atoms with Gasteiger partial charge < -0.3 is 14.6 Å². The zero-order valence-electron chi connectivity index (χ0n) is 13.0. The van der Waals surface area contributed by atoms with Crippen LogP contribution in [0.15, 0.2) is 22.7 Å². The van der Waals surface area contributed by atoms with Gasteiger partial charge in [-0.15, -0.1) is 0 Å². The highest BCUT2D eigenvalue weighted by molar-refractivity contribution is 5.37. The first-order valence-corrected chi connectivity index (χ1v) is 6.97. The highest BCUT2D eigenvalue weighted by atomic mass is 19.1. The van der Waals surface area contributed by atoms with Crippen molar-refractivity contribution in [3.8, 4) is 5.75 Å². The molecule has 1 N–H and O–H groups in total. The number of halogens is 1. The Bertz CT molecular complexity index is 605. The summed E-state index contributed by atoms with van der Waals surface area (Å²) < 4.78 is 24.5. The number of aromatic nitrogens is 1. The fourth-order valence-corrected chi connectivity index (χ4v) is 2.77. The van der Waals surface area contributed by atoms with Crippen molar-refractivity contribution in [2.75, 3.05) is 7.11 Å². The number of aryl methyl sites for hydroxylation is 2. The summed E-state index contributed by atoms with van der Waals surface area (Å²) >= 11 is 0. The first kappa shape index (κ1) is 15.5. The van der Waals surface area contributed by atoms with E-state index in [1.54, 1.807) is 19.2 Å². The molecule has 0 saturated carbocycles. The summed E-state index contributed by atoms with van der Waals surface area (Å²) in [6.07, 6.45) is 0. The van der Waals surface area contributed by atoms with E-state index in [1.165, 1.54) is 6.07 Å². The molecule has 2 rings (SSSR count). The van der Waals surface area contributed by atoms with Crippen molar-refractivity contribution in [1.29, 1.82) is 0 Å². The van der Waals surface area contributed by atoms with Crippen LogP contribution in [0, 0.1) is 19.7 Å². The maximum absolute atomic E-state index is 14.1. The van der Waals surface area contributed by atoms with Crippen LogP contribution in [0.4, 0.5) is 4.39 Å². The highest BCUT2D eigenvalue weighted by Gasteiger charge is 2.22. The number of methoxy groups -OCH3 is 1. The van der Waals surface area contributed by atoms with Gasteiger partial charge in [0.1, 0.15) is 17.3 Å². The number of benzene rings is 1. The molecule has 0 aliphatic rings. The Kier molecular flexibility index (Phi) is 4.63. The molecule has 4 nitrogen and oxygen atoms in total. The predicted molar refractivity (Wildman–Crippen MR) is 78.9 cm³/mol. The van der Waals surface area contributed by atoms with Crippen molar-refractivity contribution in [3.05, 3.63) is 46.6 Å². The third-order valence-electron chi connectivity index (χ3n) is 3.69. The topological polar surface area (TPSA) is 47.3 Å². The molecule has 2 atom stereocenters. The SMILES string of the molecule is COc1cccc(F)c1C(C)NC(C)c1c(C)noc1C. The quantitative estimate of drug-likeness (QED) is 0.909. The van der Waals surface area contributed by atoms with Gasteiger partial charge in [-0.05, 0) is 39.8 Å². The van der Waals surface area contributed by atoms with Gasteiger partial charge in [0.25, 0.3) is 0 Å². The zero-order chi connectivity index (χ0) is 15.6. The van der Waals surface area contributed by atoms with Crippen LogP contribution in [0.1, 0.15) is 48.5 Å². The maximum atomic E-state index is 14.1. The van der Waals surface area contributed by atoms with E-state index >= 15 is 0 Å². The van der Waals surface area contributed by atoms with Gasteiger partial charge in [-0.25, -0.2) is 4.39 Å². The van der Waals surface area contributed by atoms with Gasteiger partial charge in [-0.2, -0.15) is 0 Å². The Hall–Kier alpha value is -1.88. The number of nitrogens with zero attached hydrogens (tertiary/aromatic N) is 1. The summed E-state index contributed by atoms with van der Waals surface area (Å²) in [5, 5.41) is 7.33. The van der Waals surface area contributed by atoms with Gasteiger partial charge in [0, 0.05) is 23.2 Å². The van der Waals surface area contributed by atoms with Gasteiger partial charge in [0.2, 0.25) is 0 Å². The summed E-state index contributed by atoms with van der Waals surface area (Å²) in [6, 6.07) is 4.64. The molecule has 0 bridgehead atoms. The summed E-state index contributed by atoms with van der Waals surface area (Å²) in [5.74, 6) is 1.04. The van der Waals surface area contributed by atoms with Crippen molar-refractivity contribution in [3.63, 3.8) is 0 Å². The number of hydrogen-bond donors (Lipinski definition) is 1. The first-order valence-electron chi connectivity index (χ1n) is 6.97. The van der Waals surface area contributed by atoms with Crippen LogP contribution < -0.4 is 10.1 Å². The molecule has 0 radical (unpaired) electrons. The van der Waals surface area contributed by atoms with Crippen molar-refractivity contribution in [2.45, 2.75) is 39.8 Å². The Morgan fingerprint density at radius 2 is 1.86 bits per heavy atom. The minimum Gasteiger partial charge on any atom is -0.496 e. The zero-order valence-corrected chi connectivity index (χ0v) is 13.0. The molecular weight excluding hydrogens is 271 g/mol. The predicted octanol–water partition coefficient (Wildman–Crippen LogP) is 3.85. The Labute approximate surface area is 124 Å². The Morgan fingerprint density at radius 1 is 1.19 bits per heavy atom. The Balaban J connectivity index is 2.24. The van der Waals surface area contributed by atoms with Crippen LogP contribution >= 0.6 is 0 Å². The molecule has 0 spiro atoms. The number of rotatable bonds is 5. The van der Waals surface area contributed by atoms with E-state index in [-0.39, 0.29) is 17.9 Å². The van der Waals surface area contributed by atoms with Gasteiger partial charge in [0.15, 0.2) is 0 Å². The third-order valence-corrected chi connectivity index (χ3v) is 3.69. The van der Waals surface area contributed by atoms with Gasteiger partial charge >= 0.3 is 0 Å². The standard InChI is InChI=1S/C16H21FN2O2/c1-9(15-11(3)19-21-12(15)4)18-10(2)16-13(17)7-6-8-14(16)20-5/h6-10,18H,1-5H3. The second-order valence-electron chi connectivity index (χ2n) is 5.20. The first-order chi connectivity index (χ1) is 9.95. The average molecular weight is 292 g/mol. The number of ether oxygens (including phenoxy) is 1. The molecule has 0 aliphatic heterocycles. The molecule has 5 heteroatoms. The molecule has 1 aromatic carbocycles. The average Bonchev–Trinajstić information content (AvgIpc) is 2.77. The van der Waals surface area contributed by atoms with Crippen LogP contribution in [-0.4, -0.2) is 12.3 Å². The fourth-order valence-electron chi connectivity index (χ4n) is 2.77. The van der Waals surface area contributed by atoms with E-state index in [0.29, 0.717) is 11.3 Å². The molecule has 0 fully saturated rings. The molecule has 0 aliphatic carbocycles. The summed E-state index contributed by atoms with van der Waals surface area (Å²) in [4.78, 5) is 0. The van der Waals surface area contributed by atoms with E-state index in [2.05, 4.69) is 10.5 Å². The van der Waals surface area contributed by atoms with E-state index in [4.69, 9.17) is 9.26 Å². The van der Waals surface area contributed by atoms with Gasteiger partial charge in [-0.1, -0.05) is 11.2 Å². The minimum atomic E-state index is -0.277. The highest BCUT2D eigenvalue weighted by Crippen LogP contribution is 2.30. The molecular formula is C16H21FN2O2. The molecule has 1 aromatic heterocycles. The normalized spacial score (nSPS) is 14.0. The van der Waals surface area contributed by atoms with Crippen LogP contribution in [-0.2, 0) is 0 Å². The molecule has 21 heavy (non-hydrogen) atoms. The lowest BCUT2D eigenvalue weighted by atomic mass is 10.0. The molecule has 1 heterocycles. The van der Waals surface area contributed by atoms with Gasteiger partial charge in [-0.3, -0.25) is 0 Å². The van der Waals surface area contributed by atoms with E-state index < -0.39 is 0 Å². The molecule has 0 amide bonds. The van der Waals surface area contributed by atoms with Crippen LogP contribution in [0.5, 0.6) is 5.75 Å². The van der Waals surface area contributed by atoms with E-state index in [0.717, 1.165) is 17.0 Å². The van der Waals surface area contributed by atoms with Crippen molar-refractivity contribution >= 4 is 0 Å². The monoisotopic (exact) mass is 292 g/mol. The lowest BCUT2D eigenvalue weighted by Gasteiger charge is -2.22. The molecule has 0 saturated heterocycles. The summed E-state index contributed by atoms with van der Waals surface area (Å²) in [5.41, 5.74) is 2.39. The molecule has 114 valence electrons. The van der Waals surface area contributed by atoms with Crippen LogP contribution in [0.2, 0.25) is 0 Å². The van der Waals surface area contributed by atoms with Gasteiger partial charge in [0.05, 0.1) is 12.8 Å². The van der Waals surface area contributed by atoms with E-state index in [1.807, 2.05) is 27.7 Å². The molecule has 2 aromatic rings. The largest absolute Gasteiger partial charge is 0.496 e. The van der Waals surface area contributed by atoms with Crippen molar-refractivity contribution in [1.82, 2.24) is 10.5 Å². The van der Waals surface area contributed by atoms with Crippen LogP contribution in [0.3, 0.4) is 0 Å². The Morgan fingerprint density at radius 3 is 2.43 bits per heavy atom. The maximum Gasteiger partial charge on any atom is 0.138 e. The molecule has 2 unspecified atom stereocenters. The van der Waals surface area contributed by atoms with Crippen molar-refractivity contribution in [2.24, 2.45) is 0 Å². The second-order valence-corrected chi connectivity index (χ2v) is 5.20. The summed E-state index contributed by atoms with van der Waals surface area (Å²) in [7, 11) is 1.54. The number of hydrogen-bond acceptors (Lipinski definition) is 4. The van der Waals surface area contributed by atoms with Crippen LogP contribution in [0.25, 0.3) is 0 Å². The van der Waals surface area contributed by atoms with Crippen molar-refractivity contribution < 1.29 is 13.7 Å². The fraction of sp³-hybridized carbons (Fsp3) is 0.438. The summed E-state index contributed by atoms with van der Waals surface area (Å²) in [6.45, 7) is 7.70.